The molecule has 174 valence electrons. The van der Waals surface area contributed by atoms with Gasteiger partial charge in [0.2, 0.25) is 0 Å². The lowest BCUT2D eigenvalue weighted by atomic mass is 9.77. The fourth-order valence-corrected chi connectivity index (χ4v) is 3.01. The fourth-order valence-electron chi connectivity index (χ4n) is 3.01. The lowest BCUT2D eigenvalue weighted by molar-refractivity contribution is -0.138. The third kappa shape index (κ3) is 4.83. The highest BCUT2D eigenvalue weighted by Crippen LogP contribution is 2.37. The van der Waals surface area contributed by atoms with Crippen molar-refractivity contribution < 1.29 is 31.8 Å². The van der Waals surface area contributed by atoms with E-state index in [0.717, 1.165) is 6.07 Å². The minimum atomic E-state index is -4.64. The molecule has 2 heterocycles. The van der Waals surface area contributed by atoms with Gasteiger partial charge in [-0.25, -0.2) is 0 Å². The number of hydrogen-bond acceptors (Lipinski definition) is 6. The van der Waals surface area contributed by atoms with Crippen LogP contribution in [0.4, 0.5) is 13.2 Å². The summed E-state index contributed by atoms with van der Waals surface area (Å²) in [6.45, 7) is 12.5. The van der Waals surface area contributed by atoms with E-state index >= 15 is 0 Å². The van der Waals surface area contributed by atoms with Crippen molar-refractivity contribution in [1.82, 2.24) is 15.5 Å². The predicted molar refractivity (Wildman–Crippen MR) is 111 cm³/mol. The standard InChI is InChI=1S/C21H27BF3N3O4/c1-18(2,3)17-27-16(30-28-17)15(29)26-11-12-8-9-13(10-14(12)21(23,24)25)22-31-19(4,5)20(6,7)32-22/h8-10H,11H2,1-7H3,(H,26,29). The van der Waals surface area contributed by atoms with Crippen molar-refractivity contribution in [3.8, 4) is 0 Å². The van der Waals surface area contributed by atoms with Crippen molar-refractivity contribution in [3.63, 3.8) is 0 Å². The van der Waals surface area contributed by atoms with Crippen LogP contribution in [0.1, 0.15) is 76.1 Å². The molecule has 0 saturated carbocycles. The molecular weight excluding hydrogens is 426 g/mol. The highest BCUT2D eigenvalue weighted by molar-refractivity contribution is 6.62. The van der Waals surface area contributed by atoms with Crippen LogP contribution >= 0.6 is 0 Å². The number of alkyl halides is 3. The van der Waals surface area contributed by atoms with Gasteiger partial charge in [0.05, 0.1) is 16.8 Å². The highest BCUT2D eigenvalue weighted by Gasteiger charge is 2.52. The number of nitrogens with one attached hydrogen (secondary N) is 1. The molecule has 0 bridgehead atoms. The number of halogens is 3. The molecule has 11 heteroatoms. The van der Waals surface area contributed by atoms with Crippen molar-refractivity contribution in [2.24, 2.45) is 0 Å². The summed E-state index contributed by atoms with van der Waals surface area (Å²) in [7, 11) is -0.932. The van der Waals surface area contributed by atoms with E-state index < -0.39 is 41.4 Å². The minimum absolute atomic E-state index is 0.110. The Hall–Kier alpha value is -2.40. The van der Waals surface area contributed by atoms with E-state index in [1.807, 2.05) is 48.5 Å². The van der Waals surface area contributed by atoms with Gasteiger partial charge in [-0.3, -0.25) is 4.79 Å². The SMILES string of the molecule is CC(C)(C)c1noc(C(=O)NCc2ccc(B3OC(C)(C)C(C)(C)O3)cc2C(F)(F)F)n1. The number of nitrogens with zero attached hydrogens (tertiary/aromatic N) is 2. The van der Waals surface area contributed by atoms with E-state index in [1.165, 1.54) is 12.1 Å². The van der Waals surface area contributed by atoms with Crippen molar-refractivity contribution in [3.05, 3.63) is 41.0 Å². The maximum Gasteiger partial charge on any atom is 0.494 e. The molecule has 0 radical (unpaired) electrons. The monoisotopic (exact) mass is 453 g/mol. The Morgan fingerprint density at radius 1 is 1.09 bits per heavy atom. The first-order valence-electron chi connectivity index (χ1n) is 10.2. The zero-order valence-corrected chi connectivity index (χ0v) is 19.2. The molecule has 1 aliphatic heterocycles. The van der Waals surface area contributed by atoms with Crippen LogP contribution < -0.4 is 10.8 Å². The molecule has 0 aliphatic carbocycles. The van der Waals surface area contributed by atoms with E-state index in [4.69, 9.17) is 13.8 Å². The number of aromatic nitrogens is 2. The molecule has 7 nitrogen and oxygen atoms in total. The largest absolute Gasteiger partial charge is 0.494 e. The zero-order chi connectivity index (χ0) is 24.1. The second kappa shape index (κ2) is 7.88. The number of rotatable bonds is 4. The maximum atomic E-state index is 13.8. The Kier molecular flexibility index (Phi) is 5.97. The first kappa shape index (κ1) is 24.3. The van der Waals surface area contributed by atoms with Gasteiger partial charge >= 0.3 is 25.1 Å². The first-order chi connectivity index (χ1) is 14.5. The summed E-state index contributed by atoms with van der Waals surface area (Å²) < 4.78 is 57.9. The van der Waals surface area contributed by atoms with Crippen molar-refractivity contribution in [1.29, 1.82) is 0 Å². The summed E-state index contributed by atoms with van der Waals surface area (Å²) >= 11 is 0. The normalized spacial score (nSPS) is 18.1. The summed E-state index contributed by atoms with van der Waals surface area (Å²) in [5, 5.41) is 6.15. The molecule has 1 amide bonds. The quantitative estimate of drug-likeness (QED) is 0.712. The second-order valence-electron chi connectivity index (χ2n) is 9.86. The molecule has 0 unspecified atom stereocenters. The van der Waals surface area contributed by atoms with Crippen molar-refractivity contribution in [2.45, 2.75) is 77.8 Å². The third-order valence-corrected chi connectivity index (χ3v) is 5.70. The van der Waals surface area contributed by atoms with Gasteiger partial charge < -0.3 is 19.1 Å². The van der Waals surface area contributed by atoms with Crippen LogP contribution in [0.3, 0.4) is 0 Å². The summed E-state index contributed by atoms with van der Waals surface area (Å²) in [6.07, 6.45) is -4.64. The van der Waals surface area contributed by atoms with Gasteiger partial charge in [-0.2, -0.15) is 18.2 Å². The Morgan fingerprint density at radius 3 is 2.19 bits per heavy atom. The maximum absolute atomic E-state index is 13.8. The van der Waals surface area contributed by atoms with Crippen LogP contribution in [0.5, 0.6) is 0 Å². The predicted octanol–water partition coefficient (Wildman–Crippen LogP) is 3.62. The van der Waals surface area contributed by atoms with Crippen LogP contribution in [0.2, 0.25) is 0 Å². The highest BCUT2D eigenvalue weighted by atomic mass is 19.4. The average molecular weight is 453 g/mol. The molecular formula is C21H27BF3N3O4. The Morgan fingerprint density at radius 2 is 1.69 bits per heavy atom. The third-order valence-electron chi connectivity index (χ3n) is 5.70. The number of carbonyl (C=O) groups is 1. The molecule has 3 rings (SSSR count). The van der Waals surface area contributed by atoms with E-state index in [9.17, 15) is 18.0 Å². The van der Waals surface area contributed by atoms with Crippen molar-refractivity contribution in [2.75, 3.05) is 0 Å². The van der Waals surface area contributed by atoms with Crippen LogP contribution in [0.25, 0.3) is 0 Å². The number of hydrogen-bond donors (Lipinski definition) is 1. The van der Waals surface area contributed by atoms with E-state index in [-0.39, 0.29) is 23.5 Å². The van der Waals surface area contributed by atoms with Gasteiger partial charge in [-0.15, -0.1) is 0 Å². The topological polar surface area (TPSA) is 86.5 Å². The molecule has 32 heavy (non-hydrogen) atoms. The number of benzene rings is 1. The van der Waals surface area contributed by atoms with Gasteiger partial charge in [0.15, 0.2) is 5.82 Å². The average Bonchev–Trinajstić information content (AvgIpc) is 3.22. The van der Waals surface area contributed by atoms with Crippen LogP contribution in [-0.2, 0) is 27.4 Å². The van der Waals surface area contributed by atoms with Crippen LogP contribution in [-0.4, -0.2) is 34.4 Å². The Bertz CT molecular complexity index is 996. The molecule has 1 N–H and O–H groups in total. The summed E-state index contributed by atoms with van der Waals surface area (Å²) in [4.78, 5) is 16.3. The smallest absolute Gasteiger partial charge is 0.399 e. The second-order valence-corrected chi connectivity index (χ2v) is 9.86. The van der Waals surface area contributed by atoms with Gasteiger partial charge in [0.1, 0.15) is 0 Å². The molecule has 1 fully saturated rings. The van der Waals surface area contributed by atoms with Crippen molar-refractivity contribution >= 4 is 18.5 Å². The molecule has 1 aromatic heterocycles. The zero-order valence-electron chi connectivity index (χ0n) is 19.2. The summed E-state index contributed by atoms with van der Waals surface area (Å²) in [6, 6.07) is 3.80. The lowest BCUT2D eigenvalue weighted by Crippen LogP contribution is -2.41. The van der Waals surface area contributed by atoms with Gasteiger partial charge in [0, 0.05) is 12.0 Å². The number of carbonyl (C=O) groups excluding carboxylic acids is 1. The van der Waals surface area contributed by atoms with Gasteiger partial charge in [-0.05, 0) is 44.8 Å². The summed E-state index contributed by atoms with van der Waals surface area (Å²) in [5.41, 5.74) is -2.54. The van der Waals surface area contributed by atoms with Crippen LogP contribution in [0.15, 0.2) is 22.7 Å². The van der Waals surface area contributed by atoms with E-state index in [2.05, 4.69) is 15.5 Å². The Balaban J connectivity index is 1.80. The molecule has 0 atom stereocenters. The van der Waals surface area contributed by atoms with Crippen LogP contribution in [0, 0.1) is 0 Å². The molecule has 0 spiro atoms. The first-order valence-corrected chi connectivity index (χ1v) is 10.2. The van der Waals surface area contributed by atoms with Gasteiger partial charge in [-0.1, -0.05) is 38.1 Å². The molecule has 1 aliphatic rings. The Labute approximate surface area is 185 Å². The molecule has 1 saturated heterocycles. The van der Waals surface area contributed by atoms with E-state index in [0.29, 0.717) is 5.82 Å². The fraction of sp³-hybridized carbons (Fsp3) is 0.571. The summed E-state index contributed by atoms with van der Waals surface area (Å²) in [5.74, 6) is -0.737. The van der Waals surface area contributed by atoms with E-state index in [1.54, 1.807) is 0 Å². The molecule has 2 aromatic rings. The lowest BCUT2D eigenvalue weighted by Gasteiger charge is -2.32. The number of amides is 1. The molecule has 1 aromatic carbocycles. The minimum Gasteiger partial charge on any atom is -0.399 e. The van der Waals surface area contributed by atoms with Gasteiger partial charge in [0.25, 0.3) is 0 Å².